The van der Waals surface area contributed by atoms with Crippen LogP contribution in [0.4, 0.5) is 0 Å². The third-order valence-electron chi connectivity index (χ3n) is 3.15. The molecule has 0 N–H and O–H groups in total. The number of nitrogens with zero attached hydrogens (tertiary/aromatic N) is 1. The van der Waals surface area contributed by atoms with Gasteiger partial charge in [-0.3, -0.25) is 0 Å². The van der Waals surface area contributed by atoms with Crippen molar-refractivity contribution >= 4 is 0 Å². The first-order chi connectivity index (χ1) is 7.24. The van der Waals surface area contributed by atoms with Crippen LogP contribution in [0.25, 0.3) is 0 Å². The monoisotopic (exact) mass is 209 g/mol. The topological polar surface area (TPSA) is 33.0 Å². The van der Waals surface area contributed by atoms with Gasteiger partial charge < -0.3 is 4.74 Å². The zero-order valence-electron chi connectivity index (χ0n) is 10.0. The largest absolute Gasteiger partial charge is 0.377 e. The second kappa shape index (κ2) is 6.85. The van der Waals surface area contributed by atoms with Crippen LogP contribution in [0.1, 0.15) is 52.4 Å². The van der Waals surface area contributed by atoms with Crippen molar-refractivity contribution in [2.24, 2.45) is 11.8 Å². The van der Waals surface area contributed by atoms with Crippen molar-refractivity contribution in [2.75, 3.05) is 6.61 Å². The van der Waals surface area contributed by atoms with Crippen molar-refractivity contribution < 1.29 is 4.74 Å². The fourth-order valence-corrected chi connectivity index (χ4v) is 2.08. The smallest absolute Gasteiger partial charge is 0.0733 e. The van der Waals surface area contributed by atoms with Crippen LogP contribution in [-0.2, 0) is 4.74 Å². The van der Waals surface area contributed by atoms with Crippen LogP contribution in [0, 0.1) is 23.2 Å². The summed E-state index contributed by atoms with van der Waals surface area (Å²) in [5.74, 6) is 0.830. The predicted molar refractivity (Wildman–Crippen MR) is 61.4 cm³/mol. The molecule has 2 unspecified atom stereocenters. The highest BCUT2D eigenvalue weighted by Gasteiger charge is 2.23. The van der Waals surface area contributed by atoms with Crippen LogP contribution >= 0.6 is 0 Å². The summed E-state index contributed by atoms with van der Waals surface area (Å²) in [6.07, 6.45) is 7.11. The molecule has 2 atom stereocenters. The van der Waals surface area contributed by atoms with Crippen molar-refractivity contribution in [3.8, 4) is 6.07 Å². The summed E-state index contributed by atoms with van der Waals surface area (Å²) < 4.78 is 5.85. The summed E-state index contributed by atoms with van der Waals surface area (Å²) in [7, 11) is 0. The quantitative estimate of drug-likeness (QED) is 0.664. The number of ether oxygens (including phenoxy) is 1. The van der Waals surface area contributed by atoms with Gasteiger partial charge in [-0.05, 0) is 25.2 Å². The highest BCUT2D eigenvalue weighted by Crippen LogP contribution is 2.25. The molecule has 0 heterocycles. The van der Waals surface area contributed by atoms with Crippen molar-refractivity contribution in [3.63, 3.8) is 0 Å². The Bertz CT molecular complexity index is 207. The molecule has 1 saturated carbocycles. The minimum atomic E-state index is 0.139. The second-order valence-electron chi connectivity index (χ2n) is 4.97. The lowest BCUT2D eigenvalue weighted by Crippen LogP contribution is -2.22. The molecule has 0 spiro atoms. The number of hydrogen-bond acceptors (Lipinski definition) is 2. The molecule has 0 saturated heterocycles. The summed E-state index contributed by atoms with van der Waals surface area (Å²) in [5.41, 5.74) is 0. The zero-order chi connectivity index (χ0) is 11.1. The Kier molecular flexibility index (Phi) is 5.71. The maximum Gasteiger partial charge on any atom is 0.0733 e. The van der Waals surface area contributed by atoms with E-state index in [0.717, 1.165) is 25.9 Å². The van der Waals surface area contributed by atoms with Crippen LogP contribution < -0.4 is 0 Å². The third kappa shape index (κ3) is 4.66. The van der Waals surface area contributed by atoms with E-state index in [4.69, 9.17) is 10.00 Å². The summed E-state index contributed by atoms with van der Waals surface area (Å²) >= 11 is 0. The fraction of sp³-hybridized carbons (Fsp3) is 0.923. The third-order valence-corrected chi connectivity index (χ3v) is 3.15. The molecule has 0 aromatic carbocycles. The van der Waals surface area contributed by atoms with Crippen molar-refractivity contribution in [2.45, 2.75) is 58.5 Å². The molecule has 1 rings (SSSR count). The van der Waals surface area contributed by atoms with E-state index in [1.807, 2.05) is 0 Å². The van der Waals surface area contributed by atoms with Gasteiger partial charge in [0, 0.05) is 6.61 Å². The number of hydrogen-bond donors (Lipinski definition) is 0. The normalized spacial score (nSPS) is 27.3. The van der Waals surface area contributed by atoms with Crippen LogP contribution in [0.3, 0.4) is 0 Å². The second-order valence-corrected chi connectivity index (χ2v) is 4.97. The van der Waals surface area contributed by atoms with E-state index >= 15 is 0 Å². The Labute approximate surface area is 93.6 Å². The highest BCUT2D eigenvalue weighted by atomic mass is 16.5. The summed E-state index contributed by atoms with van der Waals surface area (Å²) in [4.78, 5) is 0. The van der Waals surface area contributed by atoms with E-state index < -0.39 is 0 Å². The van der Waals surface area contributed by atoms with Gasteiger partial charge in [-0.25, -0.2) is 0 Å². The van der Waals surface area contributed by atoms with E-state index in [9.17, 15) is 0 Å². The summed E-state index contributed by atoms with van der Waals surface area (Å²) in [5, 5.41) is 9.06. The molecule has 0 amide bonds. The highest BCUT2D eigenvalue weighted by molar-refractivity contribution is 4.90. The number of rotatable bonds is 4. The molecule has 0 aromatic rings. The van der Waals surface area contributed by atoms with E-state index in [0.29, 0.717) is 5.92 Å². The molecule has 0 aromatic heterocycles. The first kappa shape index (κ1) is 12.5. The number of nitriles is 1. The molecule has 86 valence electrons. The van der Waals surface area contributed by atoms with Crippen LogP contribution in [0.15, 0.2) is 0 Å². The van der Waals surface area contributed by atoms with Gasteiger partial charge in [-0.15, -0.1) is 0 Å². The van der Waals surface area contributed by atoms with E-state index in [2.05, 4.69) is 19.9 Å². The molecule has 0 aliphatic heterocycles. The van der Waals surface area contributed by atoms with Gasteiger partial charge in [0.1, 0.15) is 0 Å². The molecule has 1 fully saturated rings. The molecule has 0 radical (unpaired) electrons. The first-order valence-electron chi connectivity index (χ1n) is 6.25. The average molecular weight is 209 g/mol. The maximum absolute atomic E-state index is 9.06. The van der Waals surface area contributed by atoms with Gasteiger partial charge >= 0.3 is 0 Å². The Morgan fingerprint density at radius 2 is 2.00 bits per heavy atom. The van der Waals surface area contributed by atoms with Crippen molar-refractivity contribution in [3.05, 3.63) is 0 Å². The minimum absolute atomic E-state index is 0.139. The Hall–Kier alpha value is -0.550. The molecule has 1 aliphatic carbocycles. The SMILES string of the molecule is CC(C)CCOC1CCCCCC1C#N. The predicted octanol–water partition coefficient (Wildman–Crippen LogP) is 3.52. The van der Waals surface area contributed by atoms with E-state index in [1.165, 1.54) is 19.3 Å². The summed E-state index contributed by atoms with van der Waals surface area (Å²) in [6, 6.07) is 2.41. The van der Waals surface area contributed by atoms with E-state index in [1.54, 1.807) is 0 Å². The van der Waals surface area contributed by atoms with Crippen LogP contribution in [0.5, 0.6) is 0 Å². The lowest BCUT2D eigenvalue weighted by molar-refractivity contribution is 0.0178. The van der Waals surface area contributed by atoms with Gasteiger partial charge in [-0.2, -0.15) is 5.26 Å². The molecule has 15 heavy (non-hydrogen) atoms. The fourth-order valence-electron chi connectivity index (χ4n) is 2.08. The Morgan fingerprint density at radius 3 is 2.67 bits per heavy atom. The standard InChI is InChI=1S/C13H23NO/c1-11(2)8-9-15-13-7-5-3-4-6-12(13)10-14/h11-13H,3-9H2,1-2H3. The van der Waals surface area contributed by atoms with Gasteiger partial charge in [0.05, 0.1) is 18.1 Å². The average Bonchev–Trinajstić information content (AvgIpc) is 2.42. The first-order valence-corrected chi connectivity index (χ1v) is 6.25. The Balaban J connectivity index is 2.32. The van der Waals surface area contributed by atoms with Gasteiger partial charge in [0.15, 0.2) is 0 Å². The van der Waals surface area contributed by atoms with Crippen LogP contribution in [0.2, 0.25) is 0 Å². The maximum atomic E-state index is 9.06. The van der Waals surface area contributed by atoms with Gasteiger partial charge in [-0.1, -0.05) is 33.1 Å². The Morgan fingerprint density at radius 1 is 1.27 bits per heavy atom. The van der Waals surface area contributed by atoms with E-state index in [-0.39, 0.29) is 12.0 Å². The zero-order valence-corrected chi connectivity index (χ0v) is 10.0. The molecule has 0 bridgehead atoms. The van der Waals surface area contributed by atoms with Gasteiger partial charge in [0.2, 0.25) is 0 Å². The molecular weight excluding hydrogens is 186 g/mol. The lowest BCUT2D eigenvalue weighted by atomic mass is 9.99. The van der Waals surface area contributed by atoms with Crippen molar-refractivity contribution in [1.29, 1.82) is 5.26 Å². The molecular formula is C13H23NO. The minimum Gasteiger partial charge on any atom is -0.377 e. The lowest BCUT2D eigenvalue weighted by Gasteiger charge is -2.20. The van der Waals surface area contributed by atoms with Crippen LogP contribution in [-0.4, -0.2) is 12.7 Å². The molecule has 2 nitrogen and oxygen atoms in total. The van der Waals surface area contributed by atoms with Crippen molar-refractivity contribution in [1.82, 2.24) is 0 Å². The summed E-state index contributed by atoms with van der Waals surface area (Å²) in [6.45, 7) is 5.23. The molecule has 2 heteroatoms. The molecule has 1 aliphatic rings. The van der Waals surface area contributed by atoms with Gasteiger partial charge in [0.25, 0.3) is 0 Å².